The van der Waals surface area contributed by atoms with Crippen molar-refractivity contribution in [3.63, 3.8) is 0 Å². The van der Waals surface area contributed by atoms with Crippen LogP contribution in [0.2, 0.25) is 0 Å². The van der Waals surface area contributed by atoms with Gasteiger partial charge in [0.1, 0.15) is 5.76 Å². The highest BCUT2D eigenvalue weighted by Gasteiger charge is 2.13. The molecule has 0 bridgehead atoms. The highest BCUT2D eigenvalue weighted by atomic mass is 127. The standard InChI is InChI=1S/C19H33N3O2.HI/c1-23-14-6-5-12-20-19(21-13-11-18-10-7-15-24-18)22-16-17-8-3-2-4-9-17;/h7,10,15,17H,2-6,8-9,11-14,16H2,1H3,(H2,20,21,22);1H. The maximum Gasteiger partial charge on any atom is 0.191 e. The van der Waals surface area contributed by atoms with Crippen molar-refractivity contribution in [1.29, 1.82) is 0 Å². The molecule has 0 aromatic carbocycles. The molecular weight excluding hydrogens is 429 g/mol. The molecule has 5 nitrogen and oxygen atoms in total. The second-order valence-electron chi connectivity index (χ2n) is 6.58. The zero-order chi connectivity index (χ0) is 16.9. The Kier molecular flexibility index (Phi) is 12.8. The SMILES string of the molecule is COCCCCNC(=NCC1CCCCC1)NCCc1ccco1.I. The predicted octanol–water partition coefficient (Wildman–Crippen LogP) is 3.98. The molecule has 0 saturated heterocycles. The summed E-state index contributed by atoms with van der Waals surface area (Å²) in [5.41, 5.74) is 0. The number of hydrogen-bond acceptors (Lipinski definition) is 3. The first-order valence-corrected chi connectivity index (χ1v) is 9.42. The summed E-state index contributed by atoms with van der Waals surface area (Å²) in [6, 6.07) is 3.94. The molecular formula is C19H34IN3O2. The highest BCUT2D eigenvalue weighted by Crippen LogP contribution is 2.23. The van der Waals surface area contributed by atoms with E-state index < -0.39 is 0 Å². The van der Waals surface area contributed by atoms with E-state index in [2.05, 4.69) is 10.6 Å². The van der Waals surface area contributed by atoms with E-state index in [1.165, 1.54) is 32.1 Å². The molecule has 1 aliphatic rings. The molecule has 2 N–H and O–H groups in total. The number of aliphatic imine (C=N–C) groups is 1. The molecule has 25 heavy (non-hydrogen) atoms. The van der Waals surface area contributed by atoms with E-state index >= 15 is 0 Å². The van der Waals surface area contributed by atoms with Gasteiger partial charge < -0.3 is 19.8 Å². The van der Waals surface area contributed by atoms with Crippen molar-refractivity contribution < 1.29 is 9.15 Å². The first-order chi connectivity index (χ1) is 11.9. The molecule has 1 fully saturated rings. The Labute approximate surface area is 169 Å². The van der Waals surface area contributed by atoms with Crippen molar-refractivity contribution in [3.05, 3.63) is 24.2 Å². The van der Waals surface area contributed by atoms with Gasteiger partial charge in [0.2, 0.25) is 0 Å². The van der Waals surface area contributed by atoms with Crippen molar-refractivity contribution in [2.75, 3.05) is 33.4 Å². The van der Waals surface area contributed by atoms with Gasteiger partial charge in [-0.05, 0) is 43.7 Å². The molecule has 0 aliphatic heterocycles. The molecule has 1 saturated carbocycles. The molecule has 1 aromatic heterocycles. The average molecular weight is 463 g/mol. The molecule has 1 heterocycles. The molecule has 2 rings (SSSR count). The number of nitrogens with zero attached hydrogens (tertiary/aromatic N) is 1. The van der Waals surface area contributed by atoms with E-state index in [0.717, 1.165) is 63.1 Å². The summed E-state index contributed by atoms with van der Waals surface area (Å²) >= 11 is 0. The van der Waals surface area contributed by atoms with Crippen LogP contribution in [-0.2, 0) is 11.2 Å². The third kappa shape index (κ3) is 10.1. The van der Waals surface area contributed by atoms with Crippen molar-refractivity contribution in [2.24, 2.45) is 10.9 Å². The van der Waals surface area contributed by atoms with Crippen LogP contribution >= 0.6 is 24.0 Å². The molecule has 6 heteroatoms. The van der Waals surface area contributed by atoms with E-state index in [0.29, 0.717) is 0 Å². The van der Waals surface area contributed by atoms with E-state index in [1.807, 2.05) is 12.1 Å². The maximum absolute atomic E-state index is 5.38. The van der Waals surface area contributed by atoms with E-state index in [1.54, 1.807) is 13.4 Å². The Morgan fingerprint density at radius 1 is 1.20 bits per heavy atom. The van der Waals surface area contributed by atoms with Crippen LogP contribution in [0.5, 0.6) is 0 Å². The number of furan rings is 1. The monoisotopic (exact) mass is 463 g/mol. The van der Waals surface area contributed by atoms with E-state index in [4.69, 9.17) is 14.1 Å². The summed E-state index contributed by atoms with van der Waals surface area (Å²) in [4.78, 5) is 4.82. The Balaban J connectivity index is 0.00000312. The lowest BCUT2D eigenvalue weighted by molar-refractivity contribution is 0.193. The van der Waals surface area contributed by atoms with Gasteiger partial charge in [0.25, 0.3) is 0 Å². The lowest BCUT2D eigenvalue weighted by Gasteiger charge is -2.20. The lowest BCUT2D eigenvalue weighted by atomic mass is 9.89. The number of nitrogens with one attached hydrogen (secondary N) is 2. The van der Waals surface area contributed by atoms with Crippen LogP contribution in [0.4, 0.5) is 0 Å². The van der Waals surface area contributed by atoms with Crippen LogP contribution in [0, 0.1) is 5.92 Å². The van der Waals surface area contributed by atoms with Crippen molar-refractivity contribution >= 4 is 29.9 Å². The summed E-state index contributed by atoms with van der Waals surface area (Å²) in [5.74, 6) is 2.70. The predicted molar refractivity (Wildman–Crippen MR) is 114 cm³/mol. The number of ether oxygens (including phenoxy) is 1. The minimum absolute atomic E-state index is 0. The first kappa shape index (κ1) is 22.3. The van der Waals surface area contributed by atoms with Gasteiger partial charge in [0.15, 0.2) is 5.96 Å². The zero-order valence-corrected chi connectivity index (χ0v) is 17.8. The van der Waals surface area contributed by atoms with Crippen molar-refractivity contribution in [2.45, 2.75) is 51.4 Å². The Hall–Kier alpha value is -0.760. The van der Waals surface area contributed by atoms with Crippen molar-refractivity contribution in [1.82, 2.24) is 10.6 Å². The number of hydrogen-bond donors (Lipinski definition) is 2. The first-order valence-electron chi connectivity index (χ1n) is 9.42. The summed E-state index contributed by atoms with van der Waals surface area (Å²) < 4.78 is 10.5. The molecule has 1 aliphatic carbocycles. The molecule has 1 aromatic rings. The fraction of sp³-hybridized carbons (Fsp3) is 0.737. The van der Waals surface area contributed by atoms with Gasteiger partial charge in [-0.3, -0.25) is 4.99 Å². The molecule has 144 valence electrons. The third-order valence-corrected chi connectivity index (χ3v) is 4.54. The summed E-state index contributed by atoms with van der Waals surface area (Å²) in [6.07, 6.45) is 11.6. The van der Waals surface area contributed by atoms with Crippen LogP contribution < -0.4 is 10.6 Å². The smallest absolute Gasteiger partial charge is 0.191 e. The second-order valence-corrected chi connectivity index (χ2v) is 6.58. The Bertz CT molecular complexity index is 446. The third-order valence-electron chi connectivity index (χ3n) is 4.54. The number of guanidine groups is 1. The Morgan fingerprint density at radius 3 is 2.72 bits per heavy atom. The van der Waals surface area contributed by atoms with Gasteiger partial charge in [-0.2, -0.15) is 0 Å². The second kappa shape index (κ2) is 14.4. The van der Waals surface area contributed by atoms with Gasteiger partial charge in [0.05, 0.1) is 6.26 Å². The van der Waals surface area contributed by atoms with Gasteiger partial charge in [0, 0.05) is 39.8 Å². The quantitative estimate of drug-likeness (QED) is 0.239. The number of halogens is 1. The Morgan fingerprint density at radius 2 is 2.00 bits per heavy atom. The molecule has 0 spiro atoms. The largest absolute Gasteiger partial charge is 0.469 e. The van der Waals surface area contributed by atoms with E-state index in [-0.39, 0.29) is 24.0 Å². The van der Waals surface area contributed by atoms with Crippen LogP contribution in [0.15, 0.2) is 27.8 Å². The van der Waals surface area contributed by atoms with Crippen LogP contribution in [-0.4, -0.2) is 39.3 Å². The fourth-order valence-corrected chi connectivity index (χ4v) is 3.10. The van der Waals surface area contributed by atoms with Crippen LogP contribution in [0.3, 0.4) is 0 Å². The highest BCUT2D eigenvalue weighted by molar-refractivity contribution is 14.0. The normalized spacial score (nSPS) is 15.6. The van der Waals surface area contributed by atoms with Gasteiger partial charge >= 0.3 is 0 Å². The molecule has 0 radical (unpaired) electrons. The van der Waals surface area contributed by atoms with Crippen LogP contribution in [0.25, 0.3) is 0 Å². The number of rotatable bonds is 10. The minimum atomic E-state index is 0. The lowest BCUT2D eigenvalue weighted by Crippen LogP contribution is -2.39. The number of methoxy groups -OCH3 is 1. The molecule has 0 atom stereocenters. The summed E-state index contributed by atoms with van der Waals surface area (Å²) in [7, 11) is 1.75. The minimum Gasteiger partial charge on any atom is -0.469 e. The molecule has 0 amide bonds. The maximum atomic E-state index is 5.38. The van der Waals surface area contributed by atoms with Crippen molar-refractivity contribution in [3.8, 4) is 0 Å². The molecule has 0 unspecified atom stereocenters. The number of unbranched alkanes of at least 4 members (excludes halogenated alkanes) is 1. The fourth-order valence-electron chi connectivity index (χ4n) is 3.10. The average Bonchev–Trinajstić information content (AvgIpc) is 3.13. The summed E-state index contributed by atoms with van der Waals surface area (Å²) in [5, 5.41) is 6.89. The van der Waals surface area contributed by atoms with Gasteiger partial charge in [-0.15, -0.1) is 24.0 Å². The topological polar surface area (TPSA) is 58.8 Å². The van der Waals surface area contributed by atoms with Gasteiger partial charge in [-0.25, -0.2) is 0 Å². The zero-order valence-electron chi connectivity index (χ0n) is 15.5. The van der Waals surface area contributed by atoms with Gasteiger partial charge in [-0.1, -0.05) is 19.3 Å². The van der Waals surface area contributed by atoms with E-state index in [9.17, 15) is 0 Å². The summed E-state index contributed by atoms with van der Waals surface area (Å²) in [6.45, 7) is 3.53. The van der Waals surface area contributed by atoms with Crippen LogP contribution in [0.1, 0.15) is 50.7 Å².